The molecular formula is C30H22N6O2. The molecule has 6 aromatic rings. The van der Waals surface area contributed by atoms with E-state index in [0.29, 0.717) is 29.1 Å². The first-order chi connectivity index (χ1) is 18.8. The number of rotatable bonds is 8. The maximum absolute atomic E-state index is 6.24. The molecule has 3 heterocycles. The summed E-state index contributed by atoms with van der Waals surface area (Å²) in [7, 11) is 0. The number of ether oxygens (including phenoxy) is 2. The Kier molecular flexibility index (Phi) is 6.42. The van der Waals surface area contributed by atoms with Gasteiger partial charge in [0.05, 0.1) is 5.69 Å². The van der Waals surface area contributed by atoms with E-state index in [0.717, 1.165) is 17.1 Å². The van der Waals surface area contributed by atoms with Gasteiger partial charge >= 0.3 is 0 Å². The molecule has 8 nitrogen and oxygen atoms in total. The van der Waals surface area contributed by atoms with Gasteiger partial charge in [-0.05, 0) is 36.4 Å². The van der Waals surface area contributed by atoms with Gasteiger partial charge in [-0.15, -0.1) is 0 Å². The Morgan fingerprint density at radius 3 is 1.87 bits per heavy atom. The van der Waals surface area contributed by atoms with Gasteiger partial charge in [-0.1, -0.05) is 42.5 Å². The predicted octanol–water partition coefficient (Wildman–Crippen LogP) is 7.11. The molecule has 0 saturated heterocycles. The van der Waals surface area contributed by atoms with Crippen molar-refractivity contribution in [2.45, 2.75) is 0 Å². The molecular weight excluding hydrogens is 476 g/mol. The fourth-order valence-electron chi connectivity index (χ4n) is 3.97. The molecule has 0 atom stereocenters. The SMILES string of the molecule is c1ccc(N(c2ccccc2)c2cc(Oc3ccccn3)cc(Oc3cc(-n4cccn4)ncn3)c2)cc1. The van der Waals surface area contributed by atoms with E-state index in [1.54, 1.807) is 29.2 Å². The molecule has 0 aliphatic heterocycles. The van der Waals surface area contributed by atoms with Crippen LogP contribution in [0, 0.1) is 0 Å². The highest BCUT2D eigenvalue weighted by Crippen LogP contribution is 2.40. The molecule has 6 rings (SSSR count). The molecule has 0 N–H and O–H groups in total. The molecule has 8 heteroatoms. The number of benzene rings is 3. The van der Waals surface area contributed by atoms with Gasteiger partial charge in [-0.2, -0.15) is 5.10 Å². The van der Waals surface area contributed by atoms with Crippen molar-refractivity contribution in [2.75, 3.05) is 4.90 Å². The summed E-state index contributed by atoms with van der Waals surface area (Å²) in [6.45, 7) is 0. The van der Waals surface area contributed by atoms with Crippen molar-refractivity contribution in [1.29, 1.82) is 0 Å². The number of hydrogen-bond donors (Lipinski definition) is 0. The predicted molar refractivity (Wildman–Crippen MR) is 145 cm³/mol. The monoisotopic (exact) mass is 498 g/mol. The first-order valence-corrected chi connectivity index (χ1v) is 12.0. The summed E-state index contributed by atoms with van der Waals surface area (Å²) in [4.78, 5) is 15.0. The van der Waals surface area contributed by atoms with Crippen LogP contribution in [0.3, 0.4) is 0 Å². The number of para-hydroxylation sites is 2. The molecule has 0 bridgehead atoms. The van der Waals surface area contributed by atoms with Crippen LogP contribution in [0.5, 0.6) is 23.3 Å². The van der Waals surface area contributed by atoms with E-state index >= 15 is 0 Å². The molecule has 0 fully saturated rings. The van der Waals surface area contributed by atoms with Crippen molar-refractivity contribution in [3.63, 3.8) is 0 Å². The second kappa shape index (κ2) is 10.6. The van der Waals surface area contributed by atoms with Crippen LogP contribution in [0.2, 0.25) is 0 Å². The summed E-state index contributed by atoms with van der Waals surface area (Å²) < 4.78 is 14.0. The fourth-order valence-corrected chi connectivity index (χ4v) is 3.97. The Morgan fingerprint density at radius 2 is 1.24 bits per heavy atom. The molecule has 0 spiro atoms. The van der Waals surface area contributed by atoms with Gasteiger partial charge in [-0.25, -0.2) is 19.6 Å². The second-order valence-electron chi connectivity index (χ2n) is 8.21. The third-order valence-corrected chi connectivity index (χ3v) is 5.60. The van der Waals surface area contributed by atoms with Gasteiger partial charge in [0.25, 0.3) is 0 Å². The van der Waals surface area contributed by atoms with Gasteiger partial charge in [0, 0.05) is 60.3 Å². The maximum Gasteiger partial charge on any atom is 0.224 e. The smallest absolute Gasteiger partial charge is 0.224 e. The molecule has 0 unspecified atom stereocenters. The highest BCUT2D eigenvalue weighted by Gasteiger charge is 2.16. The van der Waals surface area contributed by atoms with Crippen molar-refractivity contribution in [3.05, 3.63) is 134 Å². The van der Waals surface area contributed by atoms with Crippen molar-refractivity contribution in [3.8, 4) is 29.1 Å². The third-order valence-electron chi connectivity index (χ3n) is 5.60. The Morgan fingerprint density at radius 1 is 0.553 bits per heavy atom. The van der Waals surface area contributed by atoms with Crippen LogP contribution in [0.25, 0.3) is 5.82 Å². The van der Waals surface area contributed by atoms with E-state index in [4.69, 9.17) is 9.47 Å². The Labute approximate surface area is 219 Å². The van der Waals surface area contributed by atoms with Crippen LogP contribution in [0.15, 0.2) is 134 Å². The fraction of sp³-hybridized carbons (Fsp3) is 0. The van der Waals surface area contributed by atoms with Gasteiger partial charge in [-0.3, -0.25) is 0 Å². The molecule has 3 aromatic heterocycles. The van der Waals surface area contributed by atoms with E-state index in [1.807, 2.05) is 79.0 Å². The lowest BCUT2D eigenvalue weighted by Gasteiger charge is -2.26. The Hall–Kier alpha value is -5.50. The molecule has 184 valence electrons. The first kappa shape index (κ1) is 22.9. The molecule has 0 radical (unpaired) electrons. The quantitative estimate of drug-likeness (QED) is 0.221. The van der Waals surface area contributed by atoms with E-state index in [1.165, 1.54) is 6.33 Å². The lowest BCUT2D eigenvalue weighted by atomic mass is 10.2. The first-order valence-electron chi connectivity index (χ1n) is 12.0. The van der Waals surface area contributed by atoms with Crippen molar-refractivity contribution >= 4 is 17.1 Å². The van der Waals surface area contributed by atoms with Crippen LogP contribution in [0.1, 0.15) is 0 Å². The lowest BCUT2D eigenvalue weighted by Crippen LogP contribution is -2.10. The largest absolute Gasteiger partial charge is 0.439 e. The number of aromatic nitrogens is 5. The lowest BCUT2D eigenvalue weighted by molar-refractivity contribution is 0.441. The average Bonchev–Trinajstić information content (AvgIpc) is 3.51. The van der Waals surface area contributed by atoms with Crippen LogP contribution in [-0.2, 0) is 0 Å². The number of anilines is 3. The zero-order valence-corrected chi connectivity index (χ0v) is 20.2. The summed E-state index contributed by atoms with van der Waals surface area (Å²) in [5.74, 6) is 2.54. The van der Waals surface area contributed by atoms with E-state index in [2.05, 4.69) is 49.2 Å². The molecule has 0 saturated carbocycles. The highest BCUT2D eigenvalue weighted by atomic mass is 16.5. The van der Waals surface area contributed by atoms with E-state index < -0.39 is 0 Å². The number of hydrogen-bond acceptors (Lipinski definition) is 7. The molecule has 0 amide bonds. The van der Waals surface area contributed by atoms with Crippen molar-refractivity contribution in [2.24, 2.45) is 0 Å². The Balaban J connectivity index is 1.43. The van der Waals surface area contributed by atoms with Crippen LogP contribution >= 0.6 is 0 Å². The minimum atomic E-state index is 0.373. The minimum Gasteiger partial charge on any atom is -0.439 e. The van der Waals surface area contributed by atoms with Crippen molar-refractivity contribution < 1.29 is 9.47 Å². The van der Waals surface area contributed by atoms with Crippen LogP contribution in [0.4, 0.5) is 17.1 Å². The Bertz CT molecular complexity index is 1570. The summed E-state index contributed by atoms with van der Waals surface area (Å²) in [6.07, 6.45) is 6.63. The van der Waals surface area contributed by atoms with Gasteiger partial charge in [0.15, 0.2) is 5.82 Å². The summed E-state index contributed by atoms with van der Waals surface area (Å²) in [6, 6.07) is 35.0. The second-order valence-corrected chi connectivity index (χ2v) is 8.21. The van der Waals surface area contributed by atoms with E-state index in [9.17, 15) is 0 Å². The standard InChI is InChI=1S/C30H22N6O2/c1-3-10-23(11-4-1)36(24-12-5-2-6-13-24)25-18-26(37-29-14-7-8-15-31-29)20-27(19-25)38-30-21-28(32-22-33-30)35-17-9-16-34-35/h1-22H. The molecule has 38 heavy (non-hydrogen) atoms. The minimum absolute atomic E-state index is 0.373. The van der Waals surface area contributed by atoms with E-state index in [-0.39, 0.29) is 0 Å². The normalized spacial score (nSPS) is 10.6. The highest BCUT2D eigenvalue weighted by molar-refractivity contribution is 5.78. The van der Waals surface area contributed by atoms with Gasteiger partial charge in [0.2, 0.25) is 11.8 Å². The number of nitrogens with zero attached hydrogens (tertiary/aromatic N) is 6. The molecule has 3 aromatic carbocycles. The third kappa shape index (κ3) is 5.19. The summed E-state index contributed by atoms with van der Waals surface area (Å²) >= 11 is 0. The topological polar surface area (TPSA) is 78.2 Å². The zero-order chi connectivity index (χ0) is 25.6. The van der Waals surface area contributed by atoms with Crippen LogP contribution < -0.4 is 14.4 Å². The molecule has 0 aliphatic rings. The zero-order valence-electron chi connectivity index (χ0n) is 20.2. The van der Waals surface area contributed by atoms with Gasteiger partial charge < -0.3 is 14.4 Å². The van der Waals surface area contributed by atoms with Crippen LogP contribution in [-0.4, -0.2) is 24.7 Å². The summed E-state index contributed by atoms with van der Waals surface area (Å²) in [5.41, 5.74) is 2.82. The number of pyridine rings is 1. The average molecular weight is 499 g/mol. The summed E-state index contributed by atoms with van der Waals surface area (Å²) in [5, 5.41) is 4.24. The van der Waals surface area contributed by atoms with Crippen molar-refractivity contribution in [1.82, 2.24) is 24.7 Å². The molecule has 0 aliphatic carbocycles. The van der Waals surface area contributed by atoms with Gasteiger partial charge in [0.1, 0.15) is 17.8 Å². The maximum atomic E-state index is 6.24.